The van der Waals surface area contributed by atoms with E-state index < -0.39 is 10.0 Å². The lowest BCUT2D eigenvalue weighted by molar-refractivity contribution is 0.412. The van der Waals surface area contributed by atoms with Crippen LogP contribution in [0.15, 0.2) is 85.2 Å². The molecule has 0 amide bonds. The molecule has 1 aliphatic rings. The highest BCUT2D eigenvalue weighted by Crippen LogP contribution is 2.44. The first kappa shape index (κ1) is 25.6. The Morgan fingerprint density at radius 2 is 1.74 bits per heavy atom. The summed E-state index contributed by atoms with van der Waals surface area (Å²) < 4.78 is 39.8. The van der Waals surface area contributed by atoms with E-state index in [1.54, 1.807) is 25.4 Å². The molecule has 38 heavy (non-hydrogen) atoms. The van der Waals surface area contributed by atoms with Gasteiger partial charge in [-0.1, -0.05) is 18.2 Å². The van der Waals surface area contributed by atoms with Crippen molar-refractivity contribution in [1.29, 1.82) is 0 Å². The largest absolute Gasteiger partial charge is 0.495 e. The molecule has 0 bridgehead atoms. The Hall–Kier alpha value is -4.09. The minimum Gasteiger partial charge on any atom is -0.495 e. The fraction of sp³-hybridized carbons (Fsp3) is 0.185. The van der Waals surface area contributed by atoms with E-state index in [0.717, 1.165) is 29.1 Å². The Kier molecular flexibility index (Phi) is 6.96. The molecule has 0 saturated carbocycles. The van der Waals surface area contributed by atoms with Crippen molar-refractivity contribution < 1.29 is 17.9 Å². The summed E-state index contributed by atoms with van der Waals surface area (Å²) in [5, 5.41) is 3.92. The lowest BCUT2D eigenvalue weighted by Crippen LogP contribution is -2.30. The number of benzene rings is 2. The standard InChI is InChI=1S/C27H27N5O4S2/c1-35-23-14-13-18(17-20(23)30-38(3,33)34)32-26(25(29-27(32)37)19-9-6-7-15-28-19)22-11-8-16-31(22)21-10-4-5-12-24(21)36-2/h4-17,25-26,30H,1-3H3,(H,29,37). The van der Waals surface area contributed by atoms with Crippen LogP contribution < -0.4 is 24.4 Å². The van der Waals surface area contributed by atoms with Crippen molar-refractivity contribution in [1.82, 2.24) is 14.9 Å². The molecule has 9 nitrogen and oxygen atoms in total. The third-order valence-corrected chi connectivity index (χ3v) is 7.19. The maximum absolute atomic E-state index is 12.1. The van der Waals surface area contributed by atoms with Crippen LogP contribution in [0.25, 0.3) is 5.69 Å². The molecule has 0 radical (unpaired) electrons. The van der Waals surface area contributed by atoms with Gasteiger partial charge in [0.05, 0.1) is 43.6 Å². The van der Waals surface area contributed by atoms with Crippen LogP contribution in [0.5, 0.6) is 11.5 Å². The van der Waals surface area contributed by atoms with E-state index in [4.69, 9.17) is 21.7 Å². The maximum atomic E-state index is 12.1. The smallest absolute Gasteiger partial charge is 0.229 e. The molecule has 4 aromatic rings. The van der Waals surface area contributed by atoms with Gasteiger partial charge in [-0.25, -0.2) is 8.42 Å². The highest BCUT2D eigenvalue weighted by molar-refractivity contribution is 7.92. The van der Waals surface area contributed by atoms with Crippen molar-refractivity contribution in [3.63, 3.8) is 0 Å². The van der Waals surface area contributed by atoms with Crippen molar-refractivity contribution in [3.05, 3.63) is 96.6 Å². The van der Waals surface area contributed by atoms with E-state index >= 15 is 0 Å². The summed E-state index contributed by atoms with van der Waals surface area (Å²) in [6.07, 6.45) is 4.83. The van der Waals surface area contributed by atoms with Gasteiger partial charge < -0.3 is 24.3 Å². The van der Waals surface area contributed by atoms with E-state index in [-0.39, 0.29) is 12.1 Å². The van der Waals surface area contributed by atoms with Gasteiger partial charge in [0.15, 0.2) is 5.11 Å². The number of rotatable bonds is 8. The van der Waals surface area contributed by atoms with Gasteiger partial charge in [-0.2, -0.15) is 0 Å². The predicted octanol–water partition coefficient (Wildman–Crippen LogP) is 4.44. The molecule has 0 aliphatic carbocycles. The average Bonchev–Trinajstić information content (AvgIpc) is 3.52. The highest BCUT2D eigenvalue weighted by Gasteiger charge is 2.42. The quantitative estimate of drug-likeness (QED) is 0.312. The summed E-state index contributed by atoms with van der Waals surface area (Å²) in [7, 11) is -0.415. The van der Waals surface area contributed by atoms with Gasteiger partial charge in [-0.15, -0.1) is 0 Å². The molecule has 2 atom stereocenters. The summed E-state index contributed by atoms with van der Waals surface area (Å²) in [5.74, 6) is 1.12. The topological polar surface area (TPSA) is 97.7 Å². The van der Waals surface area contributed by atoms with Crippen molar-refractivity contribution in [3.8, 4) is 17.2 Å². The molecule has 1 saturated heterocycles. The maximum Gasteiger partial charge on any atom is 0.229 e. The van der Waals surface area contributed by atoms with Crippen LogP contribution in [0.2, 0.25) is 0 Å². The summed E-state index contributed by atoms with van der Waals surface area (Å²) >= 11 is 5.86. The first-order valence-corrected chi connectivity index (χ1v) is 14.1. The molecule has 2 aromatic carbocycles. The number of ether oxygens (including phenoxy) is 2. The molecule has 0 spiro atoms. The molecule has 3 heterocycles. The molecule has 196 valence electrons. The van der Waals surface area contributed by atoms with Crippen LogP contribution in [0.4, 0.5) is 11.4 Å². The Balaban J connectivity index is 1.68. The van der Waals surface area contributed by atoms with E-state index in [2.05, 4.69) is 19.6 Å². The average molecular weight is 550 g/mol. The van der Waals surface area contributed by atoms with Gasteiger partial charge >= 0.3 is 0 Å². The fourth-order valence-electron chi connectivity index (χ4n) is 4.74. The van der Waals surface area contributed by atoms with Gasteiger partial charge in [0.1, 0.15) is 17.5 Å². The second-order valence-corrected chi connectivity index (χ2v) is 10.9. The normalized spacial score (nSPS) is 17.2. The molecule has 2 N–H and O–H groups in total. The van der Waals surface area contributed by atoms with Crippen LogP contribution in [0.1, 0.15) is 23.5 Å². The van der Waals surface area contributed by atoms with Crippen LogP contribution in [-0.2, 0) is 10.0 Å². The number of hydrogen-bond donors (Lipinski definition) is 2. The van der Waals surface area contributed by atoms with Crippen LogP contribution in [0, 0.1) is 0 Å². The molecule has 1 aliphatic heterocycles. The SMILES string of the molecule is COc1ccc(N2C(=S)NC(c3ccccn3)C2c2cccn2-c2ccccc2OC)cc1NS(C)(=O)=O. The lowest BCUT2D eigenvalue weighted by Gasteiger charge is -2.29. The van der Waals surface area contributed by atoms with Gasteiger partial charge in [0.2, 0.25) is 10.0 Å². The van der Waals surface area contributed by atoms with Crippen molar-refractivity contribution in [2.24, 2.45) is 0 Å². The molecule has 2 unspecified atom stereocenters. The van der Waals surface area contributed by atoms with E-state index in [1.165, 1.54) is 7.11 Å². The number of methoxy groups -OCH3 is 2. The Morgan fingerprint density at radius 3 is 2.45 bits per heavy atom. The second kappa shape index (κ2) is 10.3. The summed E-state index contributed by atoms with van der Waals surface area (Å²) in [6, 6.07) is 22.2. The minimum absolute atomic E-state index is 0.291. The first-order chi connectivity index (χ1) is 18.3. The van der Waals surface area contributed by atoms with Crippen molar-refractivity contribution >= 4 is 38.7 Å². The Labute approximate surface area is 227 Å². The number of aromatic nitrogens is 2. The molecular formula is C27H27N5O4S2. The van der Waals surface area contributed by atoms with E-state index in [0.29, 0.717) is 22.2 Å². The zero-order chi connectivity index (χ0) is 26.9. The van der Waals surface area contributed by atoms with Crippen LogP contribution in [-0.4, -0.2) is 43.6 Å². The number of nitrogens with zero attached hydrogens (tertiary/aromatic N) is 3. The third kappa shape index (κ3) is 4.90. The number of anilines is 2. The van der Waals surface area contributed by atoms with E-state index in [9.17, 15) is 8.42 Å². The Bertz CT molecular complexity index is 1570. The lowest BCUT2D eigenvalue weighted by atomic mass is 10.0. The number of sulfonamides is 1. The van der Waals surface area contributed by atoms with Crippen molar-refractivity contribution in [2.75, 3.05) is 30.1 Å². The number of pyridine rings is 1. The summed E-state index contributed by atoms with van der Waals surface area (Å²) in [6.45, 7) is 0. The molecule has 2 aromatic heterocycles. The predicted molar refractivity (Wildman–Crippen MR) is 152 cm³/mol. The molecule has 11 heteroatoms. The number of para-hydroxylation sites is 2. The molecule has 5 rings (SSSR count). The van der Waals surface area contributed by atoms with Crippen LogP contribution in [0.3, 0.4) is 0 Å². The number of nitrogens with one attached hydrogen (secondary N) is 2. The summed E-state index contributed by atoms with van der Waals surface area (Å²) in [4.78, 5) is 6.59. The van der Waals surface area contributed by atoms with Gasteiger partial charge in [-0.05, 0) is 66.8 Å². The Morgan fingerprint density at radius 1 is 0.974 bits per heavy atom. The minimum atomic E-state index is -3.55. The number of hydrogen-bond acceptors (Lipinski definition) is 6. The van der Waals surface area contributed by atoms with E-state index in [1.807, 2.05) is 71.8 Å². The second-order valence-electron chi connectivity index (χ2n) is 8.73. The van der Waals surface area contributed by atoms with Crippen LogP contribution >= 0.6 is 12.2 Å². The summed E-state index contributed by atoms with van der Waals surface area (Å²) in [5.41, 5.74) is 3.63. The third-order valence-electron chi connectivity index (χ3n) is 6.28. The fourth-order valence-corrected chi connectivity index (χ4v) is 5.65. The zero-order valence-electron chi connectivity index (χ0n) is 21.0. The van der Waals surface area contributed by atoms with Gasteiger partial charge in [-0.3, -0.25) is 9.71 Å². The van der Waals surface area contributed by atoms with Crippen molar-refractivity contribution in [2.45, 2.75) is 12.1 Å². The monoisotopic (exact) mass is 549 g/mol. The number of thiocarbonyl (C=S) groups is 1. The molecule has 1 fully saturated rings. The van der Waals surface area contributed by atoms with Gasteiger partial charge in [0, 0.05) is 23.8 Å². The highest BCUT2D eigenvalue weighted by atomic mass is 32.2. The molecular weight excluding hydrogens is 522 g/mol. The van der Waals surface area contributed by atoms with Gasteiger partial charge in [0.25, 0.3) is 0 Å². The first-order valence-electron chi connectivity index (χ1n) is 11.8. The zero-order valence-corrected chi connectivity index (χ0v) is 22.7.